The number of amides is 1. The van der Waals surface area contributed by atoms with Crippen LogP contribution in [0.25, 0.3) is 22.2 Å². The van der Waals surface area contributed by atoms with Crippen LogP contribution in [-0.2, 0) is 16.1 Å². The molecule has 0 spiro atoms. The lowest BCUT2D eigenvalue weighted by Crippen LogP contribution is -2.54. The highest BCUT2D eigenvalue weighted by Crippen LogP contribution is 2.45. The summed E-state index contributed by atoms with van der Waals surface area (Å²) < 4.78 is 18.0. The molecule has 1 saturated heterocycles. The van der Waals surface area contributed by atoms with Gasteiger partial charge in [-0.1, -0.05) is 29.8 Å². The van der Waals surface area contributed by atoms with E-state index in [1.807, 2.05) is 0 Å². The van der Waals surface area contributed by atoms with Gasteiger partial charge in [0.05, 0.1) is 49.1 Å². The van der Waals surface area contributed by atoms with E-state index in [9.17, 15) is 9.59 Å². The highest BCUT2D eigenvalue weighted by atomic mass is 35.5. The van der Waals surface area contributed by atoms with Crippen molar-refractivity contribution in [3.05, 3.63) is 51.4 Å². The summed E-state index contributed by atoms with van der Waals surface area (Å²) in [5.74, 6) is 0.481. The third-order valence-corrected chi connectivity index (χ3v) is 6.44. The van der Waals surface area contributed by atoms with Crippen LogP contribution in [0.5, 0.6) is 11.5 Å². The summed E-state index contributed by atoms with van der Waals surface area (Å²) in [4.78, 5) is 35.2. The van der Waals surface area contributed by atoms with Crippen molar-refractivity contribution in [3.8, 4) is 22.6 Å². The minimum absolute atomic E-state index is 0.0241. The molecule has 1 fully saturated rings. The van der Waals surface area contributed by atoms with E-state index < -0.39 is 5.56 Å². The van der Waals surface area contributed by atoms with Crippen molar-refractivity contribution in [2.24, 2.45) is 0 Å². The Bertz CT molecular complexity index is 1340. The quantitative estimate of drug-likeness (QED) is 0.450. The standard InChI is InChI=1S/C23H23Cl2N5O5/c1-4-17(31)29-10-13(11-29)35-6-5-30-21-12(9-27-23(26)28-21)7-14(22(30)32)18-19(24)15(33-2)8-16(34-3)20(18)25/h4,7-9,13H,1,5-6,10-11H2,2-3H3,(H2,26,27,28). The highest BCUT2D eigenvalue weighted by Gasteiger charge is 2.30. The summed E-state index contributed by atoms with van der Waals surface area (Å²) in [5, 5.41) is 0.875. The summed E-state index contributed by atoms with van der Waals surface area (Å²) >= 11 is 13.1. The Balaban J connectivity index is 1.73. The number of pyridine rings is 1. The number of ether oxygens (including phenoxy) is 3. The van der Waals surface area contributed by atoms with Crippen LogP contribution in [0.3, 0.4) is 0 Å². The van der Waals surface area contributed by atoms with Gasteiger partial charge >= 0.3 is 0 Å². The predicted molar refractivity (Wildman–Crippen MR) is 133 cm³/mol. The Morgan fingerprint density at radius 3 is 2.49 bits per heavy atom. The van der Waals surface area contributed by atoms with Crippen LogP contribution in [0.4, 0.5) is 5.95 Å². The Hall–Kier alpha value is -3.34. The van der Waals surface area contributed by atoms with Gasteiger partial charge in [0.25, 0.3) is 5.56 Å². The zero-order valence-electron chi connectivity index (χ0n) is 19.1. The smallest absolute Gasteiger partial charge is 0.260 e. The molecule has 2 aromatic heterocycles. The third kappa shape index (κ3) is 4.64. The van der Waals surface area contributed by atoms with Gasteiger partial charge in [-0.05, 0) is 12.1 Å². The first-order valence-corrected chi connectivity index (χ1v) is 11.3. The fourth-order valence-corrected chi connectivity index (χ4v) is 4.55. The number of nitrogens with zero attached hydrogens (tertiary/aromatic N) is 4. The Kier molecular flexibility index (Phi) is 7.15. The number of likely N-dealkylation sites (tertiary alicyclic amines) is 1. The first kappa shape index (κ1) is 24.8. The number of carbonyl (C=O) groups excluding carboxylic acids is 1. The lowest BCUT2D eigenvalue weighted by molar-refractivity contribution is -0.139. The number of anilines is 1. The molecule has 3 heterocycles. The number of hydrogen-bond donors (Lipinski definition) is 1. The number of nitrogen functional groups attached to an aromatic ring is 1. The van der Waals surface area contributed by atoms with Crippen LogP contribution < -0.4 is 20.8 Å². The van der Waals surface area contributed by atoms with Crippen LogP contribution in [0.15, 0.2) is 35.8 Å². The topological polar surface area (TPSA) is 122 Å². The van der Waals surface area contributed by atoms with Crippen LogP contribution in [0, 0.1) is 0 Å². The molecule has 0 radical (unpaired) electrons. The van der Waals surface area contributed by atoms with Gasteiger partial charge in [0.2, 0.25) is 11.9 Å². The van der Waals surface area contributed by atoms with Crippen molar-refractivity contribution < 1.29 is 19.0 Å². The molecular weight excluding hydrogens is 497 g/mol. The van der Waals surface area contributed by atoms with Crippen molar-refractivity contribution in [3.63, 3.8) is 0 Å². The normalized spacial score (nSPS) is 13.5. The molecule has 0 unspecified atom stereocenters. The maximum Gasteiger partial charge on any atom is 0.260 e. The van der Waals surface area contributed by atoms with Gasteiger partial charge < -0.3 is 24.8 Å². The first-order chi connectivity index (χ1) is 16.8. The van der Waals surface area contributed by atoms with Gasteiger partial charge in [-0.25, -0.2) is 4.98 Å². The largest absolute Gasteiger partial charge is 0.495 e. The molecule has 1 amide bonds. The Labute approximate surface area is 210 Å². The maximum absolute atomic E-state index is 13.7. The van der Waals surface area contributed by atoms with Gasteiger partial charge in [0, 0.05) is 36.3 Å². The summed E-state index contributed by atoms with van der Waals surface area (Å²) in [5.41, 5.74) is 6.20. The zero-order chi connectivity index (χ0) is 25.3. The second-order valence-electron chi connectivity index (χ2n) is 7.75. The van der Waals surface area contributed by atoms with E-state index in [1.54, 1.807) is 17.0 Å². The lowest BCUT2D eigenvalue weighted by Gasteiger charge is -2.38. The van der Waals surface area contributed by atoms with Crippen LogP contribution >= 0.6 is 23.2 Å². The zero-order valence-corrected chi connectivity index (χ0v) is 20.6. The molecule has 184 valence electrons. The molecule has 10 nitrogen and oxygen atoms in total. The number of hydrogen-bond acceptors (Lipinski definition) is 8. The highest BCUT2D eigenvalue weighted by molar-refractivity contribution is 6.41. The number of benzene rings is 1. The summed E-state index contributed by atoms with van der Waals surface area (Å²) in [6.07, 6.45) is 2.65. The molecule has 0 bridgehead atoms. The van der Waals surface area contributed by atoms with Gasteiger partial charge in [-0.15, -0.1) is 0 Å². The first-order valence-electron chi connectivity index (χ1n) is 10.6. The molecule has 1 aliphatic rings. The minimum Gasteiger partial charge on any atom is -0.495 e. The Morgan fingerprint density at radius 1 is 1.23 bits per heavy atom. The van der Waals surface area contributed by atoms with Gasteiger partial charge in [0.1, 0.15) is 17.1 Å². The van der Waals surface area contributed by atoms with E-state index in [0.29, 0.717) is 35.6 Å². The number of halogens is 2. The van der Waals surface area contributed by atoms with E-state index in [-0.39, 0.29) is 52.3 Å². The number of aromatic nitrogens is 3. The van der Waals surface area contributed by atoms with E-state index >= 15 is 0 Å². The molecule has 1 aromatic carbocycles. The van der Waals surface area contributed by atoms with Crippen molar-refractivity contribution in [2.45, 2.75) is 12.6 Å². The molecule has 1 aliphatic heterocycles. The van der Waals surface area contributed by atoms with Gasteiger partial charge in [0.15, 0.2) is 0 Å². The molecule has 12 heteroatoms. The third-order valence-electron chi connectivity index (χ3n) is 5.69. The minimum atomic E-state index is -0.407. The van der Waals surface area contributed by atoms with Crippen molar-refractivity contribution in [1.82, 2.24) is 19.4 Å². The van der Waals surface area contributed by atoms with E-state index in [4.69, 9.17) is 43.1 Å². The van der Waals surface area contributed by atoms with Crippen LogP contribution in [0.2, 0.25) is 10.0 Å². The van der Waals surface area contributed by atoms with E-state index in [2.05, 4.69) is 16.5 Å². The Morgan fingerprint density at radius 2 is 1.89 bits per heavy atom. The predicted octanol–water partition coefficient (Wildman–Crippen LogP) is 2.78. The molecule has 35 heavy (non-hydrogen) atoms. The SMILES string of the molecule is C=CC(=O)N1CC(OCCn2c(=O)c(-c3c(Cl)c(OC)cc(OC)c3Cl)cc3cnc(N)nc32)C1. The van der Waals surface area contributed by atoms with E-state index in [0.717, 1.165) is 0 Å². The number of nitrogens with two attached hydrogens (primary N) is 1. The summed E-state index contributed by atoms with van der Waals surface area (Å²) in [7, 11) is 2.91. The maximum atomic E-state index is 13.7. The number of methoxy groups -OCH3 is 2. The van der Waals surface area contributed by atoms with Crippen LogP contribution in [0.1, 0.15) is 0 Å². The second kappa shape index (κ2) is 10.1. The second-order valence-corrected chi connectivity index (χ2v) is 8.50. The lowest BCUT2D eigenvalue weighted by atomic mass is 10.0. The number of rotatable bonds is 8. The molecule has 3 aromatic rings. The monoisotopic (exact) mass is 519 g/mol. The van der Waals surface area contributed by atoms with Crippen molar-refractivity contribution >= 4 is 46.1 Å². The van der Waals surface area contributed by atoms with E-state index in [1.165, 1.54) is 31.1 Å². The molecule has 0 aliphatic carbocycles. The van der Waals surface area contributed by atoms with Crippen molar-refractivity contribution in [1.29, 1.82) is 0 Å². The molecule has 0 atom stereocenters. The fraction of sp³-hybridized carbons (Fsp3) is 0.304. The molecule has 0 saturated carbocycles. The number of carbonyl (C=O) groups is 1. The number of fused-ring (bicyclic) bond motifs is 1. The average molecular weight is 520 g/mol. The fourth-order valence-electron chi connectivity index (χ4n) is 3.84. The molecular formula is C23H23Cl2N5O5. The molecule has 2 N–H and O–H groups in total. The summed E-state index contributed by atoms with van der Waals surface area (Å²) in [6, 6.07) is 3.15. The van der Waals surface area contributed by atoms with Crippen molar-refractivity contribution in [2.75, 3.05) is 39.6 Å². The average Bonchev–Trinajstić information content (AvgIpc) is 2.82. The molecule has 4 rings (SSSR count). The summed E-state index contributed by atoms with van der Waals surface area (Å²) in [6.45, 7) is 4.77. The van der Waals surface area contributed by atoms with Gasteiger partial charge in [-0.2, -0.15) is 4.98 Å². The van der Waals surface area contributed by atoms with Crippen LogP contribution in [-0.4, -0.2) is 65.4 Å². The van der Waals surface area contributed by atoms with Gasteiger partial charge in [-0.3, -0.25) is 14.2 Å².